The van der Waals surface area contributed by atoms with E-state index in [-0.39, 0.29) is 24.3 Å². The number of benzene rings is 1. The number of hydrogen-bond donors (Lipinski definition) is 2. The number of nitrogens with zero attached hydrogens (tertiary/aromatic N) is 6. The standard InChI is InChI=1S/C15H14N8O2/c24-13-6-10(8-22(13)11-4-2-1-3-5-11)18-15(25)12-7-16-19-14(12)23-9-17-20-21-23/h1-5,7,9-10H,6,8H2,(H,16,19)(H,18,25)/t10-/m0/s1. The smallest absolute Gasteiger partial charge is 0.257 e. The van der Waals surface area contributed by atoms with Gasteiger partial charge in [0.15, 0.2) is 5.82 Å². The first-order valence-corrected chi connectivity index (χ1v) is 7.65. The molecule has 0 saturated carbocycles. The Hall–Kier alpha value is -3.56. The molecular weight excluding hydrogens is 324 g/mol. The van der Waals surface area contributed by atoms with Crippen LogP contribution < -0.4 is 10.2 Å². The van der Waals surface area contributed by atoms with Crippen LogP contribution in [0.5, 0.6) is 0 Å². The van der Waals surface area contributed by atoms with Crippen molar-refractivity contribution in [1.29, 1.82) is 0 Å². The number of carbonyl (C=O) groups is 2. The number of anilines is 1. The van der Waals surface area contributed by atoms with Crippen molar-refractivity contribution < 1.29 is 9.59 Å². The molecule has 0 bridgehead atoms. The molecule has 1 saturated heterocycles. The fraction of sp³-hybridized carbons (Fsp3) is 0.200. The molecule has 10 nitrogen and oxygen atoms in total. The lowest BCUT2D eigenvalue weighted by Crippen LogP contribution is -2.37. The maximum absolute atomic E-state index is 12.5. The van der Waals surface area contributed by atoms with Gasteiger partial charge in [-0.25, -0.2) is 0 Å². The van der Waals surface area contributed by atoms with E-state index >= 15 is 0 Å². The normalized spacial score (nSPS) is 17.0. The lowest BCUT2D eigenvalue weighted by molar-refractivity contribution is -0.117. The Balaban J connectivity index is 1.48. The van der Waals surface area contributed by atoms with Crippen molar-refractivity contribution in [3.05, 3.63) is 48.4 Å². The first kappa shape index (κ1) is 15.0. The van der Waals surface area contributed by atoms with Crippen LogP contribution in [0.25, 0.3) is 5.82 Å². The van der Waals surface area contributed by atoms with Crippen molar-refractivity contribution in [2.24, 2.45) is 0 Å². The van der Waals surface area contributed by atoms with Crippen molar-refractivity contribution in [2.45, 2.75) is 12.5 Å². The van der Waals surface area contributed by atoms with E-state index in [1.165, 1.54) is 17.2 Å². The van der Waals surface area contributed by atoms with Crippen LogP contribution in [-0.4, -0.2) is 54.8 Å². The average molecular weight is 338 g/mol. The summed E-state index contributed by atoms with van der Waals surface area (Å²) in [7, 11) is 0. The van der Waals surface area contributed by atoms with Crippen LogP contribution in [0.1, 0.15) is 16.8 Å². The van der Waals surface area contributed by atoms with Gasteiger partial charge in [0.2, 0.25) is 5.91 Å². The summed E-state index contributed by atoms with van der Waals surface area (Å²) in [6.07, 6.45) is 3.01. The lowest BCUT2D eigenvalue weighted by atomic mass is 10.2. The van der Waals surface area contributed by atoms with E-state index in [4.69, 9.17) is 0 Å². The third-order valence-corrected chi connectivity index (χ3v) is 3.97. The largest absolute Gasteiger partial charge is 0.347 e. The van der Waals surface area contributed by atoms with Gasteiger partial charge in [0.25, 0.3) is 5.91 Å². The zero-order valence-corrected chi connectivity index (χ0v) is 13.0. The number of hydrogen-bond acceptors (Lipinski definition) is 6. The topological polar surface area (TPSA) is 122 Å². The molecule has 0 spiro atoms. The number of H-pyrrole nitrogens is 1. The fourth-order valence-electron chi connectivity index (χ4n) is 2.81. The molecule has 1 aliphatic heterocycles. The number of carbonyl (C=O) groups excluding carboxylic acids is 2. The van der Waals surface area contributed by atoms with Crippen LogP contribution in [0.3, 0.4) is 0 Å². The summed E-state index contributed by atoms with van der Waals surface area (Å²) in [6.45, 7) is 0.423. The van der Waals surface area contributed by atoms with Gasteiger partial charge in [-0.3, -0.25) is 14.7 Å². The van der Waals surface area contributed by atoms with Gasteiger partial charge in [0, 0.05) is 18.7 Å². The average Bonchev–Trinajstić information content (AvgIpc) is 3.35. The maximum Gasteiger partial charge on any atom is 0.257 e. The van der Waals surface area contributed by atoms with Gasteiger partial charge in [0.1, 0.15) is 11.9 Å². The number of aromatic nitrogens is 6. The monoisotopic (exact) mass is 338 g/mol. The third-order valence-electron chi connectivity index (χ3n) is 3.97. The Labute approximate surface area is 141 Å². The van der Waals surface area contributed by atoms with E-state index in [1.807, 2.05) is 30.3 Å². The summed E-state index contributed by atoms with van der Waals surface area (Å²) in [5, 5.41) is 20.2. The van der Waals surface area contributed by atoms with Crippen LogP contribution >= 0.6 is 0 Å². The quantitative estimate of drug-likeness (QED) is 0.686. The van der Waals surface area contributed by atoms with Crippen molar-refractivity contribution in [1.82, 2.24) is 35.7 Å². The second kappa shape index (κ2) is 6.15. The maximum atomic E-state index is 12.5. The molecule has 1 fully saturated rings. The SMILES string of the molecule is O=C(N[C@H]1CC(=O)N(c2ccccc2)C1)c1cn[nH]c1-n1cnnn1. The molecule has 1 atom stereocenters. The van der Waals surface area contributed by atoms with Crippen molar-refractivity contribution in [3.63, 3.8) is 0 Å². The molecular formula is C15H14N8O2. The van der Waals surface area contributed by atoms with Gasteiger partial charge in [-0.2, -0.15) is 9.78 Å². The minimum absolute atomic E-state index is 0.0237. The third kappa shape index (κ3) is 2.84. The molecule has 2 aromatic heterocycles. The minimum Gasteiger partial charge on any atom is -0.347 e. The van der Waals surface area contributed by atoms with Gasteiger partial charge in [-0.15, -0.1) is 5.10 Å². The summed E-state index contributed by atoms with van der Waals surface area (Å²) >= 11 is 0. The van der Waals surface area contributed by atoms with E-state index in [2.05, 4.69) is 31.0 Å². The highest BCUT2D eigenvalue weighted by atomic mass is 16.2. The molecule has 4 rings (SSSR count). The lowest BCUT2D eigenvalue weighted by Gasteiger charge is -2.17. The van der Waals surface area contributed by atoms with E-state index < -0.39 is 0 Å². The minimum atomic E-state index is -0.341. The fourth-order valence-corrected chi connectivity index (χ4v) is 2.81. The highest BCUT2D eigenvalue weighted by Crippen LogP contribution is 2.21. The van der Waals surface area contributed by atoms with Gasteiger partial charge < -0.3 is 10.2 Å². The molecule has 10 heteroatoms. The van der Waals surface area contributed by atoms with Crippen LogP contribution in [0, 0.1) is 0 Å². The van der Waals surface area contributed by atoms with Gasteiger partial charge in [-0.1, -0.05) is 18.2 Å². The van der Waals surface area contributed by atoms with Crippen LogP contribution in [-0.2, 0) is 4.79 Å². The van der Waals surface area contributed by atoms with E-state index in [0.717, 1.165) is 5.69 Å². The number of nitrogens with one attached hydrogen (secondary N) is 2. The Morgan fingerprint density at radius 3 is 2.88 bits per heavy atom. The zero-order valence-electron chi connectivity index (χ0n) is 13.0. The summed E-state index contributed by atoms with van der Waals surface area (Å²) in [6, 6.07) is 9.10. The molecule has 1 aliphatic rings. The molecule has 2 amide bonds. The van der Waals surface area contributed by atoms with Gasteiger partial charge in [-0.05, 0) is 22.6 Å². The number of aromatic amines is 1. The molecule has 3 aromatic rings. The second-order valence-corrected chi connectivity index (χ2v) is 5.60. The highest BCUT2D eigenvalue weighted by molar-refractivity contribution is 6.00. The molecule has 0 radical (unpaired) electrons. The van der Waals surface area contributed by atoms with E-state index in [0.29, 0.717) is 17.9 Å². The van der Waals surface area contributed by atoms with E-state index in [1.54, 1.807) is 4.90 Å². The summed E-state index contributed by atoms with van der Waals surface area (Å²) in [5.41, 5.74) is 1.12. The first-order chi connectivity index (χ1) is 12.2. The van der Waals surface area contributed by atoms with Gasteiger partial charge >= 0.3 is 0 Å². The van der Waals surface area contributed by atoms with Crippen molar-refractivity contribution in [3.8, 4) is 5.82 Å². The molecule has 0 unspecified atom stereocenters. The highest BCUT2D eigenvalue weighted by Gasteiger charge is 2.32. The number of amides is 2. The number of para-hydroxylation sites is 1. The Bertz CT molecular complexity index is 889. The van der Waals surface area contributed by atoms with Crippen LogP contribution in [0.2, 0.25) is 0 Å². The van der Waals surface area contributed by atoms with Crippen LogP contribution in [0.4, 0.5) is 5.69 Å². The number of tetrazole rings is 1. The Kier molecular flexibility index (Phi) is 3.69. The predicted molar refractivity (Wildman–Crippen MR) is 86.0 cm³/mol. The molecule has 2 N–H and O–H groups in total. The second-order valence-electron chi connectivity index (χ2n) is 5.60. The molecule has 126 valence electrons. The molecule has 1 aromatic carbocycles. The molecule has 3 heterocycles. The predicted octanol–water partition coefficient (Wildman–Crippen LogP) is -0.0793. The first-order valence-electron chi connectivity index (χ1n) is 7.65. The summed E-state index contributed by atoms with van der Waals surface area (Å²) in [4.78, 5) is 26.4. The van der Waals surface area contributed by atoms with Crippen LogP contribution in [0.15, 0.2) is 42.9 Å². The summed E-state index contributed by atoms with van der Waals surface area (Å²) < 4.78 is 1.32. The Morgan fingerprint density at radius 1 is 1.28 bits per heavy atom. The Morgan fingerprint density at radius 2 is 2.12 bits per heavy atom. The van der Waals surface area contributed by atoms with Crippen molar-refractivity contribution >= 4 is 17.5 Å². The van der Waals surface area contributed by atoms with Crippen molar-refractivity contribution in [2.75, 3.05) is 11.4 Å². The zero-order chi connectivity index (χ0) is 17.2. The van der Waals surface area contributed by atoms with E-state index in [9.17, 15) is 9.59 Å². The molecule has 25 heavy (non-hydrogen) atoms. The number of rotatable bonds is 4. The summed E-state index contributed by atoms with van der Waals surface area (Å²) in [5.74, 6) is 0.00286. The molecule has 0 aliphatic carbocycles. The van der Waals surface area contributed by atoms with Gasteiger partial charge in [0.05, 0.1) is 12.2 Å².